The number of rotatable bonds is 2. The van der Waals surface area contributed by atoms with Crippen molar-refractivity contribution in [3.05, 3.63) is 126 Å². The zero-order chi connectivity index (χ0) is 24.4. The number of benzene rings is 5. The van der Waals surface area contributed by atoms with Gasteiger partial charge in [0.1, 0.15) is 0 Å². The molecule has 5 aromatic carbocycles. The molecule has 172 valence electrons. The van der Waals surface area contributed by atoms with Crippen LogP contribution in [0.3, 0.4) is 0 Å². The molecule has 0 unspecified atom stereocenters. The summed E-state index contributed by atoms with van der Waals surface area (Å²) in [6, 6.07) is 36.0. The summed E-state index contributed by atoms with van der Waals surface area (Å²) >= 11 is 0. The molecule has 1 nitrogen and oxygen atoms in total. The van der Waals surface area contributed by atoms with Crippen molar-refractivity contribution in [3.8, 4) is 33.4 Å². The molecule has 0 fully saturated rings. The summed E-state index contributed by atoms with van der Waals surface area (Å²) in [5.41, 5.74) is 11.9. The fraction of sp³-hybridized carbons (Fsp3) is 0.114. The quantitative estimate of drug-likeness (QED) is 0.234. The average molecular weight is 462 g/mol. The molecule has 0 saturated heterocycles. The largest absolute Gasteiger partial charge is 0.265 e. The monoisotopic (exact) mass is 461 g/mol. The smallest absolute Gasteiger partial charge is 0.0273 e. The topological polar surface area (TPSA) is 12.9 Å². The van der Waals surface area contributed by atoms with E-state index >= 15 is 0 Å². The van der Waals surface area contributed by atoms with Gasteiger partial charge >= 0.3 is 0 Å². The molecular weight excluding hydrogens is 434 g/mol. The first kappa shape index (κ1) is 21.1. The first-order valence-corrected chi connectivity index (χ1v) is 12.6. The van der Waals surface area contributed by atoms with Crippen LogP contribution in [0.5, 0.6) is 0 Å². The molecule has 0 radical (unpaired) electrons. The molecule has 1 aliphatic rings. The van der Waals surface area contributed by atoms with Gasteiger partial charge < -0.3 is 0 Å². The summed E-state index contributed by atoms with van der Waals surface area (Å²) in [5.74, 6) is 0. The van der Waals surface area contributed by atoms with Gasteiger partial charge in [-0.1, -0.05) is 98.3 Å². The van der Waals surface area contributed by atoms with Crippen molar-refractivity contribution in [1.82, 2.24) is 4.98 Å². The molecule has 1 aromatic heterocycles. The lowest BCUT2D eigenvalue weighted by Crippen LogP contribution is -2.14. The normalized spacial score (nSPS) is 13.6. The minimum atomic E-state index is 0.0103. The SMILES string of the molecule is Cc1ccc2c(-c3ccncc3)c3ccccc3c(-c3ccc4c(c3)-c3ccccc3C4(C)C)c2c1. The van der Waals surface area contributed by atoms with E-state index in [0.717, 1.165) is 0 Å². The van der Waals surface area contributed by atoms with Crippen molar-refractivity contribution in [2.75, 3.05) is 0 Å². The Morgan fingerprint density at radius 3 is 1.94 bits per heavy atom. The maximum Gasteiger partial charge on any atom is 0.0273 e. The van der Waals surface area contributed by atoms with E-state index < -0.39 is 0 Å². The van der Waals surface area contributed by atoms with Crippen molar-refractivity contribution in [2.45, 2.75) is 26.2 Å². The number of hydrogen-bond acceptors (Lipinski definition) is 1. The van der Waals surface area contributed by atoms with Crippen LogP contribution < -0.4 is 0 Å². The maximum absolute atomic E-state index is 4.27. The molecule has 7 rings (SSSR count). The fourth-order valence-electron chi connectivity index (χ4n) is 6.31. The summed E-state index contributed by atoms with van der Waals surface area (Å²) < 4.78 is 0. The van der Waals surface area contributed by atoms with E-state index in [4.69, 9.17) is 0 Å². The zero-order valence-corrected chi connectivity index (χ0v) is 20.8. The van der Waals surface area contributed by atoms with Crippen LogP contribution in [-0.2, 0) is 5.41 Å². The third-order valence-electron chi connectivity index (χ3n) is 8.02. The highest BCUT2D eigenvalue weighted by Crippen LogP contribution is 2.51. The Hall–Kier alpha value is -4.23. The van der Waals surface area contributed by atoms with Gasteiger partial charge in [-0.2, -0.15) is 0 Å². The van der Waals surface area contributed by atoms with Gasteiger partial charge in [-0.15, -0.1) is 0 Å². The third-order valence-corrected chi connectivity index (χ3v) is 8.02. The van der Waals surface area contributed by atoms with Crippen LogP contribution >= 0.6 is 0 Å². The second-order valence-electron chi connectivity index (χ2n) is 10.5. The fourth-order valence-corrected chi connectivity index (χ4v) is 6.31. The molecule has 0 amide bonds. The summed E-state index contributed by atoms with van der Waals surface area (Å²) in [6.07, 6.45) is 3.77. The summed E-state index contributed by atoms with van der Waals surface area (Å²) in [7, 11) is 0. The second kappa shape index (κ2) is 7.63. The first-order valence-electron chi connectivity index (χ1n) is 12.6. The van der Waals surface area contributed by atoms with E-state index in [1.165, 1.54) is 71.6 Å². The number of pyridine rings is 1. The Morgan fingerprint density at radius 2 is 1.17 bits per heavy atom. The second-order valence-corrected chi connectivity index (χ2v) is 10.5. The molecule has 6 aromatic rings. The predicted octanol–water partition coefficient (Wildman–Crippen LogP) is 9.34. The van der Waals surface area contributed by atoms with Crippen molar-refractivity contribution >= 4 is 21.5 Å². The molecule has 1 aliphatic carbocycles. The highest BCUT2D eigenvalue weighted by Gasteiger charge is 2.35. The van der Waals surface area contributed by atoms with Gasteiger partial charge in [0.15, 0.2) is 0 Å². The lowest BCUT2D eigenvalue weighted by Gasteiger charge is -2.22. The zero-order valence-electron chi connectivity index (χ0n) is 20.8. The van der Waals surface area contributed by atoms with Gasteiger partial charge in [0.2, 0.25) is 0 Å². The molecule has 1 heteroatoms. The van der Waals surface area contributed by atoms with E-state index in [2.05, 4.69) is 123 Å². The number of fused-ring (bicyclic) bond motifs is 5. The van der Waals surface area contributed by atoms with Crippen LogP contribution in [0.1, 0.15) is 30.5 Å². The molecule has 0 spiro atoms. The van der Waals surface area contributed by atoms with E-state index in [1.807, 2.05) is 12.4 Å². The number of aryl methyl sites for hydroxylation is 1. The Labute approximate surface area is 212 Å². The summed E-state index contributed by atoms with van der Waals surface area (Å²) in [5, 5.41) is 5.14. The lowest BCUT2D eigenvalue weighted by atomic mass is 9.81. The Bertz CT molecular complexity index is 1810. The highest BCUT2D eigenvalue weighted by molar-refractivity contribution is 6.21. The van der Waals surface area contributed by atoms with Gasteiger partial charge in [0.05, 0.1) is 0 Å². The standard InChI is InChI=1S/C35H27N/c1-22-12-14-28-30(20-22)34(27-10-5-4-9-26(27)33(28)23-16-18-36-19-17-23)24-13-15-32-29(21-24)25-8-6-7-11-31(25)35(32,2)3/h4-21H,1-3H3. The van der Waals surface area contributed by atoms with E-state index in [-0.39, 0.29) is 5.41 Å². The van der Waals surface area contributed by atoms with Crippen LogP contribution in [0.4, 0.5) is 0 Å². The number of nitrogens with zero attached hydrogens (tertiary/aromatic N) is 1. The van der Waals surface area contributed by atoms with Crippen molar-refractivity contribution in [1.29, 1.82) is 0 Å². The van der Waals surface area contributed by atoms with Crippen LogP contribution in [0.15, 0.2) is 109 Å². The van der Waals surface area contributed by atoms with E-state index in [9.17, 15) is 0 Å². The molecule has 36 heavy (non-hydrogen) atoms. The average Bonchev–Trinajstić information content (AvgIpc) is 3.14. The highest BCUT2D eigenvalue weighted by atomic mass is 14.6. The molecule has 0 bridgehead atoms. The Balaban J connectivity index is 1.60. The van der Waals surface area contributed by atoms with Crippen LogP contribution in [-0.4, -0.2) is 4.98 Å². The number of aromatic nitrogens is 1. The predicted molar refractivity (Wildman–Crippen MR) is 152 cm³/mol. The Morgan fingerprint density at radius 1 is 0.528 bits per heavy atom. The van der Waals surface area contributed by atoms with Crippen LogP contribution in [0.25, 0.3) is 54.9 Å². The molecular formula is C35H27N. The molecule has 0 saturated carbocycles. The van der Waals surface area contributed by atoms with Gasteiger partial charge in [-0.05, 0) is 91.2 Å². The maximum atomic E-state index is 4.27. The van der Waals surface area contributed by atoms with Crippen LogP contribution in [0, 0.1) is 6.92 Å². The summed E-state index contributed by atoms with van der Waals surface area (Å²) in [6.45, 7) is 6.87. The van der Waals surface area contributed by atoms with Crippen LogP contribution in [0.2, 0.25) is 0 Å². The first-order chi connectivity index (χ1) is 17.5. The van der Waals surface area contributed by atoms with Gasteiger partial charge in [-0.3, -0.25) is 4.98 Å². The minimum absolute atomic E-state index is 0.0103. The molecule has 0 N–H and O–H groups in total. The van der Waals surface area contributed by atoms with Crippen molar-refractivity contribution in [2.24, 2.45) is 0 Å². The van der Waals surface area contributed by atoms with Gasteiger partial charge in [-0.25, -0.2) is 0 Å². The molecule has 0 aliphatic heterocycles. The van der Waals surface area contributed by atoms with E-state index in [0.29, 0.717) is 0 Å². The molecule has 1 heterocycles. The lowest BCUT2D eigenvalue weighted by molar-refractivity contribution is 0.660. The Kier molecular flexibility index (Phi) is 4.47. The van der Waals surface area contributed by atoms with Crippen molar-refractivity contribution in [3.63, 3.8) is 0 Å². The minimum Gasteiger partial charge on any atom is -0.265 e. The third kappa shape index (κ3) is 2.93. The molecule has 0 atom stereocenters. The summed E-state index contributed by atoms with van der Waals surface area (Å²) in [4.78, 5) is 4.27. The van der Waals surface area contributed by atoms with Gasteiger partial charge in [0, 0.05) is 17.8 Å². The van der Waals surface area contributed by atoms with Gasteiger partial charge in [0.25, 0.3) is 0 Å². The van der Waals surface area contributed by atoms with Crippen molar-refractivity contribution < 1.29 is 0 Å². The van der Waals surface area contributed by atoms with E-state index in [1.54, 1.807) is 0 Å². The number of hydrogen-bond donors (Lipinski definition) is 0.